The van der Waals surface area contributed by atoms with Crippen molar-refractivity contribution in [2.75, 3.05) is 13.3 Å². The quantitative estimate of drug-likeness (QED) is 0.694. The van der Waals surface area contributed by atoms with Gasteiger partial charge in [-0.3, -0.25) is 4.98 Å². The van der Waals surface area contributed by atoms with Crippen LogP contribution in [0.4, 0.5) is 4.39 Å². The number of alkyl halides is 1. The predicted molar refractivity (Wildman–Crippen MR) is 82.0 cm³/mol. The van der Waals surface area contributed by atoms with Gasteiger partial charge in [-0.25, -0.2) is 9.37 Å². The molecule has 0 spiro atoms. The van der Waals surface area contributed by atoms with Crippen molar-refractivity contribution < 1.29 is 9.13 Å². The summed E-state index contributed by atoms with van der Waals surface area (Å²) in [5.41, 5.74) is 1.91. The van der Waals surface area contributed by atoms with Gasteiger partial charge in [0, 0.05) is 22.4 Å². The van der Waals surface area contributed by atoms with Gasteiger partial charge in [-0.15, -0.1) is 11.3 Å². The third kappa shape index (κ3) is 2.66. The smallest absolute Gasteiger partial charge is 0.125 e. The Bertz CT molecular complexity index is 747. The molecule has 0 amide bonds. The first kappa shape index (κ1) is 13.5. The lowest BCUT2D eigenvalue weighted by atomic mass is 10.3. The first-order valence-electron chi connectivity index (χ1n) is 5.97. The fraction of sp³-hybridized carbons (Fsp3) is 0.143. The van der Waals surface area contributed by atoms with E-state index in [1.807, 2.05) is 24.3 Å². The standard InChI is InChI=1S/C14H10BrFN2OS/c15-11-8-17-5-3-10(11)14-18-12-2-1-9(19-6-4-16)7-13(12)20-14/h1-3,5,7-8H,4,6H2. The maximum atomic E-state index is 12.1. The van der Waals surface area contributed by atoms with Gasteiger partial charge < -0.3 is 4.74 Å². The van der Waals surface area contributed by atoms with Crippen molar-refractivity contribution in [2.45, 2.75) is 0 Å². The van der Waals surface area contributed by atoms with E-state index in [2.05, 4.69) is 25.9 Å². The molecular weight excluding hydrogens is 343 g/mol. The van der Waals surface area contributed by atoms with Gasteiger partial charge in [0.05, 0.1) is 10.2 Å². The molecule has 0 saturated carbocycles. The van der Waals surface area contributed by atoms with Crippen molar-refractivity contribution in [3.63, 3.8) is 0 Å². The average Bonchev–Trinajstić information content (AvgIpc) is 2.88. The molecule has 0 bridgehead atoms. The second-order valence-electron chi connectivity index (χ2n) is 4.04. The minimum atomic E-state index is -0.490. The zero-order valence-corrected chi connectivity index (χ0v) is 12.7. The molecule has 0 aliphatic carbocycles. The largest absolute Gasteiger partial charge is 0.491 e. The van der Waals surface area contributed by atoms with Crippen LogP contribution >= 0.6 is 27.3 Å². The van der Waals surface area contributed by atoms with Crippen LogP contribution < -0.4 is 4.74 Å². The molecule has 0 saturated heterocycles. The molecule has 0 radical (unpaired) electrons. The van der Waals surface area contributed by atoms with Crippen molar-refractivity contribution in [1.82, 2.24) is 9.97 Å². The molecule has 6 heteroatoms. The van der Waals surface area contributed by atoms with Gasteiger partial charge in [-0.2, -0.15) is 0 Å². The number of rotatable bonds is 4. The van der Waals surface area contributed by atoms with Crippen LogP contribution in [0.25, 0.3) is 20.8 Å². The lowest BCUT2D eigenvalue weighted by Gasteiger charge is -2.01. The van der Waals surface area contributed by atoms with E-state index in [0.29, 0.717) is 5.75 Å². The van der Waals surface area contributed by atoms with Gasteiger partial charge in [0.2, 0.25) is 0 Å². The third-order valence-electron chi connectivity index (χ3n) is 2.71. The molecule has 3 aromatic rings. The molecular formula is C14H10BrFN2OS. The van der Waals surface area contributed by atoms with E-state index < -0.39 is 6.67 Å². The molecule has 102 valence electrons. The molecule has 3 nitrogen and oxygen atoms in total. The van der Waals surface area contributed by atoms with Crippen LogP contribution in [0.3, 0.4) is 0 Å². The van der Waals surface area contributed by atoms with Crippen LogP contribution in [0.15, 0.2) is 41.1 Å². The van der Waals surface area contributed by atoms with E-state index in [1.165, 1.54) is 0 Å². The van der Waals surface area contributed by atoms with Crippen LogP contribution in [0.1, 0.15) is 0 Å². The molecule has 0 N–H and O–H groups in total. The van der Waals surface area contributed by atoms with Gasteiger partial charge >= 0.3 is 0 Å². The van der Waals surface area contributed by atoms with Crippen LogP contribution in [0, 0.1) is 0 Å². The molecule has 0 fully saturated rings. The number of hydrogen-bond acceptors (Lipinski definition) is 4. The Morgan fingerprint density at radius 2 is 2.20 bits per heavy atom. The maximum Gasteiger partial charge on any atom is 0.125 e. The zero-order chi connectivity index (χ0) is 13.9. The summed E-state index contributed by atoms with van der Waals surface area (Å²) in [6, 6.07) is 7.50. The Morgan fingerprint density at radius 1 is 1.30 bits per heavy atom. The van der Waals surface area contributed by atoms with E-state index in [-0.39, 0.29) is 6.61 Å². The Morgan fingerprint density at radius 3 is 3.00 bits per heavy atom. The highest BCUT2D eigenvalue weighted by atomic mass is 79.9. The second-order valence-corrected chi connectivity index (χ2v) is 5.93. The number of fused-ring (bicyclic) bond motifs is 1. The molecule has 2 heterocycles. The van der Waals surface area contributed by atoms with Gasteiger partial charge in [-0.05, 0) is 40.2 Å². The number of aromatic nitrogens is 2. The summed E-state index contributed by atoms with van der Waals surface area (Å²) in [5, 5.41) is 0.914. The second kappa shape index (κ2) is 5.85. The highest BCUT2D eigenvalue weighted by Gasteiger charge is 2.10. The lowest BCUT2D eigenvalue weighted by molar-refractivity contribution is 0.273. The van der Waals surface area contributed by atoms with Gasteiger partial charge in [0.1, 0.15) is 24.0 Å². The van der Waals surface area contributed by atoms with Crippen LogP contribution in [0.2, 0.25) is 0 Å². The van der Waals surface area contributed by atoms with E-state index in [0.717, 1.165) is 25.3 Å². The fourth-order valence-electron chi connectivity index (χ4n) is 1.81. The average molecular weight is 353 g/mol. The van der Waals surface area contributed by atoms with Crippen molar-refractivity contribution >= 4 is 37.5 Å². The maximum absolute atomic E-state index is 12.1. The molecule has 0 aliphatic rings. The number of ether oxygens (including phenoxy) is 1. The number of thiazole rings is 1. The number of nitrogens with zero attached hydrogens (tertiary/aromatic N) is 2. The van der Waals surface area contributed by atoms with E-state index in [1.54, 1.807) is 23.7 Å². The number of hydrogen-bond donors (Lipinski definition) is 0. The normalized spacial score (nSPS) is 10.9. The number of halogens is 2. The summed E-state index contributed by atoms with van der Waals surface area (Å²) in [6.07, 6.45) is 3.49. The van der Waals surface area contributed by atoms with Crippen LogP contribution in [-0.2, 0) is 0 Å². The van der Waals surface area contributed by atoms with Crippen molar-refractivity contribution in [2.24, 2.45) is 0 Å². The lowest BCUT2D eigenvalue weighted by Crippen LogP contribution is -1.97. The zero-order valence-electron chi connectivity index (χ0n) is 10.3. The Labute approximate surface area is 127 Å². The minimum Gasteiger partial charge on any atom is -0.491 e. The third-order valence-corrected chi connectivity index (χ3v) is 4.39. The van der Waals surface area contributed by atoms with E-state index >= 15 is 0 Å². The Hall–Kier alpha value is -1.53. The molecule has 20 heavy (non-hydrogen) atoms. The molecule has 0 atom stereocenters. The molecule has 2 aromatic heterocycles. The summed E-state index contributed by atoms with van der Waals surface area (Å²) in [7, 11) is 0. The van der Waals surface area contributed by atoms with Gasteiger partial charge in [0.25, 0.3) is 0 Å². The van der Waals surface area contributed by atoms with E-state index in [4.69, 9.17) is 4.74 Å². The molecule has 0 aliphatic heterocycles. The first-order chi connectivity index (χ1) is 9.78. The Balaban J connectivity index is 2.00. The fourth-order valence-corrected chi connectivity index (χ4v) is 3.42. The topological polar surface area (TPSA) is 35.0 Å². The first-order valence-corrected chi connectivity index (χ1v) is 7.58. The monoisotopic (exact) mass is 352 g/mol. The van der Waals surface area contributed by atoms with Gasteiger partial charge in [0.15, 0.2) is 0 Å². The van der Waals surface area contributed by atoms with Crippen molar-refractivity contribution in [1.29, 1.82) is 0 Å². The van der Waals surface area contributed by atoms with Crippen molar-refractivity contribution in [3.05, 3.63) is 41.1 Å². The molecule has 3 rings (SSSR count). The highest BCUT2D eigenvalue weighted by molar-refractivity contribution is 9.10. The minimum absolute atomic E-state index is 0.0765. The number of pyridine rings is 1. The summed E-state index contributed by atoms with van der Waals surface area (Å²) >= 11 is 5.05. The SMILES string of the molecule is FCCOc1ccc2nc(-c3ccncc3Br)sc2c1. The summed E-state index contributed by atoms with van der Waals surface area (Å²) in [4.78, 5) is 8.64. The van der Waals surface area contributed by atoms with Crippen LogP contribution in [-0.4, -0.2) is 23.2 Å². The summed E-state index contributed by atoms with van der Waals surface area (Å²) in [6.45, 7) is -0.414. The highest BCUT2D eigenvalue weighted by Crippen LogP contribution is 2.35. The molecule has 0 unspecified atom stereocenters. The Kier molecular flexibility index (Phi) is 3.93. The summed E-state index contributed by atoms with van der Waals surface area (Å²) < 4.78 is 19.3. The summed E-state index contributed by atoms with van der Waals surface area (Å²) in [5.74, 6) is 0.666. The number of benzene rings is 1. The molecule has 1 aromatic carbocycles. The predicted octanol–water partition coefficient (Wildman–Crippen LogP) is 4.47. The van der Waals surface area contributed by atoms with Crippen molar-refractivity contribution in [3.8, 4) is 16.3 Å². The van der Waals surface area contributed by atoms with Gasteiger partial charge in [-0.1, -0.05) is 0 Å². The van der Waals surface area contributed by atoms with Crippen LogP contribution in [0.5, 0.6) is 5.75 Å². The van der Waals surface area contributed by atoms with E-state index in [9.17, 15) is 4.39 Å².